The summed E-state index contributed by atoms with van der Waals surface area (Å²) in [6.07, 6.45) is 5.38. The molecule has 7 nitrogen and oxygen atoms in total. The predicted molar refractivity (Wildman–Crippen MR) is 81.9 cm³/mol. The molecule has 1 aliphatic rings. The Morgan fingerprint density at radius 3 is 2.81 bits per heavy atom. The van der Waals surface area contributed by atoms with Gasteiger partial charge in [0, 0.05) is 31.9 Å². The lowest BCUT2D eigenvalue weighted by Gasteiger charge is -2.27. The van der Waals surface area contributed by atoms with E-state index in [4.69, 9.17) is 4.74 Å². The molecule has 1 N–H and O–H groups in total. The summed E-state index contributed by atoms with van der Waals surface area (Å²) in [5.74, 6) is 0. The van der Waals surface area contributed by atoms with Crippen LogP contribution in [-0.4, -0.2) is 61.7 Å². The van der Waals surface area contributed by atoms with Crippen LogP contribution in [-0.2, 0) is 14.8 Å². The van der Waals surface area contributed by atoms with Gasteiger partial charge in [0.15, 0.2) is 0 Å². The first-order valence-electron chi connectivity index (χ1n) is 7.06. The first-order chi connectivity index (χ1) is 9.80. The SMILES string of the molecule is COC[C@@H]1C[C@H](n2cc(NS(C)(=O)=O)cn2)CN1C(C)C. The zero-order valence-electron chi connectivity index (χ0n) is 13.0. The van der Waals surface area contributed by atoms with E-state index in [1.807, 2.05) is 4.68 Å². The molecule has 2 rings (SSSR count). The van der Waals surface area contributed by atoms with E-state index >= 15 is 0 Å². The van der Waals surface area contributed by atoms with Crippen LogP contribution in [0.1, 0.15) is 26.3 Å². The lowest BCUT2D eigenvalue weighted by Crippen LogP contribution is -2.38. The fourth-order valence-corrected chi connectivity index (χ4v) is 3.43. The van der Waals surface area contributed by atoms with E-state index < -0.39 is 10.0 Å². The molecular formula is C13H24N4O3S. The van der Waals surface area contributed by atoms with Crippen LogP contribution in [0.2, 0.25) is 0 Å². The molecule has 0 amide bonds. The van der Waals surface area contributed by atoms with Gasteiger partial charge in [-0.25, -0.2) is 8.42 Å². The Morgan fingerprint density at radius 2 is 2.24 bits per heavy atom. The molecule has 0 bridgehead atoms. The number of rotatable bonds is 6. The van der Waals surface area contributed by atoms with Gasteiger partial charge in [0.2, 0.25) is 10.0 Å². The summed E-state index contributed by atoms with van der Waals surface area (Å²) in [6.45, 7) is 5.94. The van der Waals surface area contributed by atoms with Crippen LogP contribution < -0.4 is 4.72 Å². The minimum atomic E-state index is -3.26. The van der Waals surface area contributed by atoms with Crippen LogP contribution in [0.3, 0.4) is 0 Å². The third kappa shape index (κ3) is 4.18. The summed E-state index contributed by atoms with van der Waals surface area (Å²) in [4.78, 5) is 2.40. The maximum Gasteiger partial charge on any atom is 0.229 e. The molecule has 0 spiro atoms. The molecule has 1 aliphatic heterocycles. The number of hydrogen-bond donors (Lipinski definition) is 1. The quantitative estimate of drug-likeness (QED) is 0.845. The van der Waals surface area contributed by atoms with Gasteiger partial charge in [-0.1, -0.05) is 0 Å². The Labute approximate surface area is 126 Å². The van der Waals surface area contributed by atoms with Crippen LogP contribution in [0.15, 0.2) is 12.4 Å². The van der Waals surface area contributed by atoms with Crippen molar-refractivity contribution in [3.63, 3.8) is 0 Å². The van der Waals surface area contributed by atoms with Crippen molar-refractivity contribution < 1.29 is 13.2 Å². The standard InChI is InChI=1S/C13H24N4O3S/c1-10(2)16-8-12(5-13(16)9-20-3)17-7-11(6-14-17)15-21(4,18)19/h6-7,10,12-13,15H,5,8-9H2,1-4H3/t12-,13-/m0/s1. The van der Waals surface area contributed by atoms with Crippen molar-refractivity contribution in [3.05, 3.63) is 12.4 Å². The van der Waals surface area contributed by atoms with Crippen LogP contribution in [0, 0.1) is 0 Å². The number of nitrogens with zero attached hydrogens (tertiary/aromatic N) is 3. The zero-order chi connectivity index (χ0) is 15.6. The molecule has 8 heteroatoms. The molecule has 0 aromatic carbocycles. The lowest BCUT2D eigenvalue weighted by molar-refractivity contribution is 0.0982. The molecule has 2 atom stereocenters. The number of methoxy groups -OCH3 is 1. The number of sulfonamides is 1. The van der Waals surface area contributed by atoms with Gasteiger partial charge < -0.3 is 4.74 Å². The van der Waals surface area contributed by atoms with Crippen molar-refractivity contribution in [1.29, 1.82) is 0 Å². The maximum absolute atomic E-state index is 11.2. The summed E-state index contributed by atoms with van der Waals surface area (Å²) < 4.78 is 32.1. The zero-order valence-corrected chi connectivity index (χ0v) is 13.8. The summed E-state index contributed by atoms with van der Waals surface area (Å²) in [5.41, 5.74) is 0.504. The molecule has 1 fully saturated rings. The van der Waals surface area contributed by atoms with Gasteiger partial charge in [-0.2, -0.15) is 5.10 Å². The molecule has 2 heterocycles. The molecule has 1 saturated heterocycles. The largest absolute Gasteiger partial charge is 0.383 e. The average Bonchev–Trinajstić information content (AvgIpc) is 2.94. The van der Waals surface area contributed by atoms with E-state index in [9.17, 15) is 8.42 Å². The molecule has 0 radical (unpaired) electrons. The van der Waals surface area contributed by atoms with Gasteiger partial charge in [0.1, 0.15) is 0 Å². The highest BCUT2D eigenvalue weighted by atomic mass is 32.2. The van der Waals surface area contributed by atoms with Crippen molar-refractivity contribution in [2.75, 3.05) is 31.2 Å². The summed E-state index contributed by atoms with van der Waals surface area (Å²) in [5, 5.41) is 4.29. The third-order valence-corrected chi connectivity index (χ3v) is 4.34. The highest BCUT2D eigenvalue weighted by Gasteiger charge is 2.34. The molecule has 0 aliphatic carbocycles. The van der Waals surface area contributed by atoms with Crippen LogP contribution in [0.25, 0.3) is 0 Å². The predicted octanol–water partition coefficient (Wildman–Crippen LogP) is 0.925. The average molecular weight is 316 g/mol. The fraction of sp³-hybridized carbons (Fsp3) is 0.769. The maximum atomic E-state index is 11.2. The van der Waals surface area contributed by atoms with Gasteiger partial charge in [-0.3, -0.25) is 14.3 Å². The van der Waals surface area contributed by atoms with Crippen LogP contribution in [0.4, 0.5) is 5.69 Å². The minimum absolute atomic E-state index is 0.239. The van der Waals surface area contributed by atoms with Crippen molar-refractivity contribution in [1.82, 2.24) is 14.7 Å². The molecule has 21 heavy (non-hydrogen) atoms. The Morgan fingerprint density at radius 1 is 1.52 bits per heavy atom. The smallest absolute Gasteiger partial charge is 0.229 e. The first-order valence-corrected chi connectivity index (χ1v) is 8.96. The van der Waals surface area contributed by atoms with Gasteiger partial charge in [-0.15, -0.1) is 0 Å². The van der Waals surface area contributed by atoms with Crippen LogP contribution in [0.5, 0.6) is 0 Å². The Hall–Kier alpha value is -1.12. The number of nitrogens with one attached hydrogen (secondary N) is 1. The number of aromatic nitrogens is 2. The molecular weight excluding hydrogens is 292 g/mol. The second-order valence-corrected chi connectivity index (χ2v) is 7.62. The number of ether oxygens (including phenoxy) is 1. The molecule has 1 aromatic heterocycles. The van der Waals surface area contributed by atoms with Crippen molar-refractivity contribution in [2.45, 2.75) is 38.4 Å². The minimum Gasteiger partial charge on any atom is -0.383 e. The Balaban J connectivity index is 2.09. The van der Waals surface area contributed by atoms with Gasteiger partial charge in [-0.05, 0) is 20.3 Å². The fourth-order valence-electron chi connectivity index (χ4n) is 2.90. The number of hydrogen-bond acceptors (Lipinski definition) is 5. The molecule has 120 valence electrons. The van der Waals surface area contributed by atoms with E-state index in [-0.39, 0.29) is 6.04 Å². The van der Waals surface area contributed by atoms with Crippen molar-refractivity contribution >= 4 is 15.7 Å². The van der Waals surface area contributed by atoms with E-state index in [0.29, 0.717) is 24.4 Å². The Kier molecular flexibility index (Phi) is 4.90. The van der Waals surface area contributed by atoms with E-state index in [1.54, 1.807) is 19.5 Å². The molecule has 0 saturated carbocycles. The normalized spacial score (nSPS) is 23.9. The highest BCUT2D eigenvalue weighted by molar-refractivity contribution is 7.92. The van der Waals surface area contributed by atoms with E-state index in [0.717, 1.165) is 19.2 Å². The van der Waals surface area contributed by atoms with Gasteiger partial charge >= 0.3 is 0 Å². The Bertz CT molecular complexity index is 570. The number of anilines is 1. The summed E-state index contributed by atoms with van der Waals surface area (Å²) in [6, 6.07) is 1.05. The van der Waals surface area contributed by atoms with Crippen LogP contribution >= 0.6 is 0 Å². The van der Waals surface area contributed by atoms with E-state index in [2.05, 4.69) is 28.6 Å². The highest BCUT2D eigenvalue weighted by Crippen LogP contribution is 2.29. The lowest BCUT2D eigenvalue weighted by atomic mass is 10.2. The van der Waals surface area contributed by atoms with E-state index in [1.165, 1.54) is 0 Å². The summed E-state index contributed by atoms with van der Waals surface area (Å²) >= 11 is 0. The number of likely N-dealkylation sites (tertiary alicyclic amines) is 1. The van der Waals surface area contributed by atoms with Gasteiger partial charge in [0.25, 0.3) is 0 Å². The van der Waals surface area contributed by atoms with Crippen molar-refractivity contribution in [3.8, 4) is 0 Å². The first kappa shape index (κ1) is 16.3. The monoisotopic (exact) mass is 316 g/mol. The second-order valence-electron chi connectivity index (χ2n) is 5.87. The summed E-state index contributed by atoms with van der Waals surface area (Å²) in [7, 11) is -1.55. The third-order valence-electron chi connectivity index (χ3n) is 3.74. The topological polar surface area (TPSA) is 76.5 Å². The molecule has 0 unspecified atom stereocenters. The second kappa shape index (κ2) is 6.33. The van der Waals surface area contributed by atoms with Gasteiger partial charge in [0.05, 0.1) is 30.8 Å². The van der Waals surface area contributed by atoms with Crippen molar-refractivity contribution in [2.24, 2.45) is 0 Å². The molecule has 1 aromatic rings.